The highest BCUT2D eigenvalue weighted by atomic mass is 16.3. The first-order valence-electron chi connectivity index (χ1n) is 10.7. The lowest BCUT2D eigenvalue weighted by Gasteiger charge is -2.63. The zero-order valence-electron chi connectivity index (χ0n) is 16.5. The van der Waals surface area contributed by atoms with Gasteiger partial charge in [0.2, 0.25) is 0 Å². The summed E-state index contributed by atoms with van der Waals surface area (Å²) in [6.45, 7) is 9.32. The molecule has 0 saturated heterocycles. The van der Waals surface area contributed by atoms with E-state index in [4.69, 9.17) is 0 Å². The van der Waals surface area contributed by atoms with Crippen molar-refractivity contribution in [3.63, 3.8) is 0 Å². The summed E-state index contributed by atoms with van der Waals surface area (Å²) in [5.41, 5.74) is 0.148. The van der Waals surface area contributed by atoms with E-state index < -0.39 is 0 Å². The number of fused-ring (bicyclic) bond motifs is 5. The van der Waals surface area contributed by atoms with E-state index in [1.807, 2.05) is 0 Å². The summed E-state index contributed by atoms with van der Waals surface area (Å²) in [5, 5.41) is 32.6. The lowest BCUT2D eigenvalue weighted by Crippen LogP contribution is -2.62. The van der Waals surface area contributed by atoms with Crippen molar-refractivity contribution in [2.75, 3.05) is 0 Å². The monoisotopic (exact) mass is 350 g/mol. The zero-order valence-corrected chi connectivity index (χ0v) is 16.5. The Morgan fingerprint density at radius 3 is 2.28 bits per heavy atom. The molecule has 0 radical (unpaired) electrons. The van der Waals surface area contributed by atoms with Gasteiger partial charge in [0.05, 0.1) is 18.3 Å². The van der Waals surface area contributed by atoms with Crippen molar-refractivity contribution in [1.29, 1.82) is 0 Å². The first-order chi connectivity index (χ1) is 11.7. The molecule has 0 aromatic heterocycles. The molecular formula is C22H38O3. The van der Waals surface area contributed by atoms with Crippen LogP contribution in [0.25, 0.3) is 0 Å². The van der Waals surface area contributed by atoms with Gasteiger partial charge >= 0.3 is 0 Å². The van der Waals surface area contributed by atoms with E-state index in [9.17, 15) is 15.3 Å². The Morgan fingerprint density at radius 2 is 1.60 bits per heavy atom. The van der Waals surface area contributed by atoms with Crippen LogP contribution in [0.4, 0.5) is 0 Å². The highest BCUT2D eigenvalue weighted by Crippen LogP contribution is 2.68. The number of aliphatic hydroxyl groups is 3. The fraction of sp³-hybridized carbons (Fsp3) is 1.00. The highest BCUT2D eigenvalue weighted by Gasteiger charge is 2.65. The summed E-state index contributed by atoms with van der Waals surface area (Å²) in [6, 6.07) is 0. The molecule has 3 nitrogen and oxygen atoms in total. The van der Waals surface area contributed by atoms with Crippen LogP contribution >= 0.6 is 0 Å². The van der Waals surface area contributed by atoms with Gasteiger partial charge in [-0.1, -0.05) is 27.7 Å². The van der Waals surface area contributed by atoms with E-state index in [1.165, 1.54) is 6.42 Å². The Hall–Kier alpha value is -0.120. The minimum absolute atomic E-state index is 0.0340. The molecule has 144 valence electrons. The SMILES string of the molecule is CC(C)C1CC[C@H]2C3[C@H](O)CC4C[C@H](O)CCC4(C)[C@H]3CC(O)C12C. The summed E-state index contributed by atoms with van der Waals surface area (Å²) in [4.78, 5) is 0. The smallest absolute Gasteiger partial charge is 0.0602 e. The second-order valence-corrected chi connectivity index (χ2v) is 10.8. The van der Waals surface area contributed by atoms with Crippen LogP contribution in [0.1, 0.15) is 72.6 Å². The van der Waals surface area contributed by atoms with Crippen molar-refractivity contribution >= 4 is 0 Å². The van der Waals surface area contributed by atoms with Crippen molar-refractivity contribution < 1.29 is 15.3 Å². The Labute approximate surface area is 153 Å². The van der Waals surface area contributed by atoms with Gasteiger partial charge in [-0.3, -0.25) is 0 Å². The molecule has 25 heavy (non-hydrogen) atoms. The van der Waals surface area contributed by atoms with E-state index in [1.54, 1.807) is 0 Å². The molecule has 4 aliphatic carbocycles. The summed E-state index contributed by atoms with van der Waals surface area (Å²) in [7, 11) is 0. The molecule has 4 aliphatic rings. The largest absolute Gasteiger partial charge is 0.393 e. The summed E-state index contributed by atoms with van der Waals surface area (Å²) < 4.78 is 0. The third kappa shape index (κ3) is 2.41. The van der Waals surface area contributed by atoms with Crippen LogP contribution in [-0.2, 0) is 0 Å². The van der Waals surface area contributed by atoms with Crippen molar-refractivity contribution in [3.05, 3.63) is 0 Å². The van der Waals surface area contributed by atoms with Gasteiger partial charge in [0.25, 0.3) is 0 Å². The third-order valence-corrected chi connectivity index (χ3v) is 9.64. The van der Waals surface area contributed by atoms with Crippen LogP contribution in [0.3, 0.4) is 0 Å². The summed E-state index contributed by atoms with van der Waals surface area (Å²) >= 11 is 0. The first kappa shape index (κ1) is 18.3. The minimum atomic E-state index is -0.254. The number of rotatable bonds is 1. The van der Waals surface area contributed by atoms with Crippen LogP contribution in [0.2, 0.25) is 0 Å². The fourth-order valence-corrected chi connectivity index (χ4v) is 8.29. The molecule has 6 unspecified atom stereocenters. The van der Waals surface area contributed by atoms with Crippen molar-refractivity contribution in [1.82, 2.24) is 0 Å². The number of aliphatic hydroxyl groups excluding tert-OH is 3. The van der Waals surface area contributed by atoms with Crippen molar-refractivity contribution in [2.24, 2.45) is 46.3 Å². The van der Waals surface area contributed by atoms with E-state index in [-0.39, 0.29) is 29.1 Å². The molecule has 0 spiro atoms. The average Bonchev–Trinajstić information content (AvgIpc) is 2.89. The second kappa shape index (κ2) is 5.94. The molecule has 0 amide bonds. The molecule has 3 heteroatoms. The Balaban J connectivity index is 1.70. The third-order valence-electron chi connectivity index (χ3n) is 9.64. The van der Waals surface area contributed by atoms with Gasteiger partial charge in [-0.05, 0) is 91.3 Å². The predicted molar refractivity (Wildman–Crippen MR) is 98.8 cm³/mol. The van der Waals surface area contributed by atoms with Crippen LogP contribution in [0.5, 0.6) is 0 Å². The molecule has 10 atom stereocenters. The maximum Gasteiger partial charge on any atom is 0.0602 e. The van der Waals surface area contributed by atoms with Crippen LogP contribution in [0, 0.1) is 46.3 Å². The van der Waals surface area contributed by atoms with E-state index in [0.717, 1.165) is 38.5 Å². The lowest BCUT2D eigenvalue weighted by molar-refractivity contribution is -0.206. The Kier molecular flexibility index (Phi) is 4.34. The molecule has 0 aromatic rings. The topological polar surface area (TPSA) is 60.7 Å². The Bertz CT molecular complexity index is 519. The van der Waals surface area contributed by atoms with E-state index in [2.05, 4.69) is 27.7 Å². The second-order valence-electron chi connectivity index (χ2n) is 10.8. The average molecular weight is 351 g/mol. The first-order valence-corrected chi connectivity index (χ1v) is 10.7. The summed E-state index contributed by atoms with van der Waals surface area (Å²) in [6.07, 6.45) is 6.14. The number of hydrogen-bond donors (Lipinski definition) is 3. The van der Waals surface area contributed by atoms with Gasteiger partial charge in [0.1, 0.15) is 0 Å². The molecule has 4 rings (SSSR count). The highest BCUT2D eigenvalue weighted by molar-refractivity contribution is 5.14. The van der Waals surface area contributed by atoms with Crippen molar-refractivity contribution in [2.45, 2.75) is 91.0 Å². The Morgan fingerprint density at radius 1 is 0.880 bits per heavy atom. The standard InChI is InChI=1S/C22H38O3/c1-12(2)15-5-6-16-20-17(11-19(25)22(15,16)4)21(3)8-7-14(23)9-13(21)10-18(20)24/h12-20,23-25H,5-11H2,1-4H3/t13?,14-,15?,16+,17+,18-,19?,20?,21?,22?/m1/s1. The molecule has 0 heterocycles. The maximum atomic E-state index is 11.3. The lowest BCUT2D eigenvalue weighted by atomic mass is 9.43. The van der Waals surface area contributed by atoms with E-state index in [0.29, 0.717) is 35.5 Å². The fourth-order valence-electron chi connectivity index (χ4n) is 8.29. The normalized spacial score (nSPS) is 58.6. The molecule has 4 saturated carbocycles. The van der Waals surface area contributed by atoms with Gasteiger partial charge < -0.3 is 15.3 Å². The molecule has 0 bridgehead atoms. The van der Waals surface area contributed by atoms with Crippen molar-refractivity contribution in [3.8, 4) is 0 Å². The van der Waals surface area contributed by atoms with Gasteiger partial charge in [-0.2, -0.15) is 0 Å². The van der Waals surface area contributed by atoms with E-state index >= 15 is 0 Å². The van der Waals surface area contributed by atoms with Crippen LogP contribution in [0.15, 0.2) is 0 Å². The number of hydrogen-bond acceptors (Lipinski definition) is 3. The quantitative estimate of drug-likeness (QED) is 0.677. The maximum absolute atomic E-state index is 11.3. The van der Waals surface area contributed by atoms with Gasteiger partial charge in [-0.25, -0.2) is 0 Å². The van der Waals surface area contributed by atoms with Crippen LogP contribution < -0.4 is 0 Å². The van der Waals surface area contributed by atoms with Gasteiger partial charge in [0, 0.05) is 0 Å². The van der Waals surface area contributed by atoms with Gasteiger partial charge in [-0.15, -0.1) is 0 Å². The molecule has 3 N–H and O–H groups in total. The van der Waals surface area contributed by atoms with Gasteiger partial charge in [0.15, 0.2) is 0 Å². The predicted octanol–water partition coefficient (Wildman–Crippen LogP) is 3.60. The molecular weight excluding hydrogens is 312 g/mol. The molecule has 4 fully saturated rings. The molecule has 0 aliphatic heterocycles. The summed E-state index contributed by atoms with van der Waals surface area (Å²) in [5.74, 6) is 2.77. The zero-order chi connectivity index (χ0) is 18.1. The minimum Gasteiger partial charge on any atom is -0.393 e. The van der Waals surface area contributed by atoms with Crippen LogP contribution in [-0.4, -0.2) is 33.6 Å². The molecule has 0 aromatic carbocycles.